The van der Waals surface area contributed by atoms with Crippen LogP contribution in [0.4, 0.5) is 14.5 Å². The summed E-state index contributed by atoms with van der Waals surface area (Å²) in [6, 6.07) is 11.5. The molecule has 244 valence electrons. The molecule has 0 fully saturated rings. The highest BCUT2D eigenvalue weighted by molar-refractivity contribution is 6.36. The van der Waals surface area contributed by atoms with Crippen molar-refractivity contribution in [1.29, 1.82) is 0 Å². The molecular weight excluding hydrogens is 669 g/mol. The molecule has 3 aromatic carbocycles. The molecule has 0 unspecified atom stereocenters. The van der Waals surface area contributed by atoms with Gasteiger partial charge < -0.3 is 21.1 Å². The third-order valence-electron chi connectivity index (χ3n) is 8.03. The van der Waals surface area contributed by atoms with Crippen molar-refractivity contribution in [3.05, 3.63) is 127 Å². The SMILES string of the molecule is Cc1c(C(=O)O)ccc2c1CC[C@H]2NC(=O)c1cc(C(=O)NCc2ccc(F)c(F)c2)nc2c(C(=O)Nc3ccc(Cl)cc3Cl)cnn12. The molecular formula is C33H24Cl2F2N6O5. The van der Waals surface area contributed by atoms with Gasteiger partial charge in [-0.05, 0) is 78.4 Å². The van der Waals surface area contributed by atoms with E-state index in [1.54, 1.807) is 13.0 Å². The number of hydrogen-bond donors (Lipinski definition) is 4. The summed E-state index contributed by atoms with van der Waals surface area (Å²) in [5, 5.41) is 22.4. The van der Waals surface area contributed by atoms with Gasteiger partial charge in [-0.3, -0.25) is 14.4 Å². The highest BCUT2D eigenvalue weighted by Crippen LogP contribution is 2.35. The number of fused-ring (bicyclic) bond motifs is 2. The van der Waals surface area contributed by atoms with Crippen LogP contribution < -0.4 is 16.0 Å². The predicted octanol–water partition coefficient (Wildman–Crippen LogP) is 5.92. The number of carbonyl (C=O) groups is 4. The number of carboxylic acid groups (broad SMARTS) is 1. The van der Waals surface area contributed by atoms with E-state index in [0.717, 1.165) is 27.8 Å². The first kappa shape index (κ1) is 32.5. The Morgan fingerprint density at radius 3 is 2.48 bits per heavy atom. The molecule has 1 aliphatic rings. The van der Waals surface area contributed by atoms with Gasteiger partial charge in [-0.1, -0.05) is 35.3 Å². The van der Waals surface area contributed by atoms with Crippen LogP contribution in [0.2, 0.25) is 10.0 Å². The predicted molar refractivity (Wildman–Crippen MR) is 172 cm³/mol. The van der Waals surface area contributed by atoms with Gasteiger partial charge in [-0.2, -0.15) is 5.10 Å². The largest absolute Gasteiger partial charge is 0.478 e. The van der Waals surface area contributed by atoms with Gasteiger partial charge in [-0.25, -0.2) is 23.1 Å². The second-order valence-corrected chi connectivity index (χ2v) is 11.8. The summed E-state index contributed by atoms with van der Waals surface area (Å²) in [4.78, 5) is 56.5. The molecule has 0 saturated heterocycles. The molecule has 6 rings (SSSR count). The number of aromatic nitrogens is 3. The standard InChI is InChI=1S/C33H24Cl2F2N6O5/c1-15-18-6-9-25(20(18)5-4-19(15)33(47)48)41-32(46)28-12-27(31(45)38-13-16-2-7-23(36)24(37)10-16)40-29-21(14-39-43(28)29)30(44)42-26-8-3-17(34)11-22(26)35/h2-5,7-8,10-12,14,25H,6,9,13H2,1H3,(H,38,45)(H,41,46)(H,42,44)(H,47,48)/t25-/m1/s1. The van der Waals surface area contributed by atoms with Gasteiger partial charge >= 0.3 is 5.97 Å². The molecule has 2 heterocycles. The van der Waals surface area contributed by atoms with Crippen LogP contribution in [0.3, 0.4) is 0 Å². The first-order valence-corrected chi connectivity index (χ1v) is 15.2. The van der Waals surface area contributed by atoms with Gasteiger partial charge in [0.05, 0.1) is 28.5 Å². The van der Waals surface area contributed by atoms with Crippen LogP contribution in [0.1, 0.15) is 76.4 Å². The Balaban J connectivity index is 1.34. The fourth-order valence-electron chi connectivity index (χ4n) is 5.60. The number of anilines is 1. The molecule has 3 amide bonds. The summed E-state index contributed by atoms with van der Waals surface area (Å²) in [5.74, 6) is -5.28. The first-order valence-electron chi connectivity index (χ1n) is 14.4. The maximum absolute atomic E-state index is 13.8. The zero-order valence-electron chi connectivity index (χ0n) is 24.9. The first-order chi connectivity index (χ1) is 22.9. The average molecular weight is 693 g/mol. The third kappa shape index (κ3) is 6.29. The van der Waals surface area contributed by atoms with Crippen LogP contribution in [-0.4, -0.2) is 43.4 Å². The number of halogens is 4. The number of nitrogens with one attached hydrogen (secondary N) is 3. The Bertz CT molecular complexity index is 2170. The van der Waals surface area contributed by atoms with Gasteiger partial charge in [0.15, 0.2) is 17.3 Å². The molecule has 5 aromatic rings. The minimum atomic E-state index is -1.08. The molecule has 11 nitrogen and oxygen atoms in total. The highest BCUT2D eigenvalue weighted by atomic mass is 35.5. The lowest BCUT2D eigenvalue weighted by Crippen LogP contribution is -2.31. The number of benzene rings is 3. The lowest BCUT2D eigenvalue weighted by atomic mass is 9.98. The van der Waals surface area contributed by atoms with E-state index in [9.17, 15) is 33.1 Å². The highest BCUT2D eigenvalue weighted by Gasteiger charge is 2.30. The van der Waals surface area contributed by atoms with Crippen LogP contribution in [0, 0.1) is 18.6 Å². The molecule has 48 heavy (non-hydrogen) atoms. The number of amides is 3. The molecule has 0 radical (unpaired) electrons. The summed E-state index contributed by atoms with van der Waals surface area (Å²) < 4.78 is 28.2. The van der Waals surface area contributed by atoms with Crippen molar-refractivity contribution < 1.29 is 33.1 Å². The van der Waals surface area contributed by atoms with Crippen molar-refractivity contribution in [3.8, 4) is 0 Å². The number of rotatable bonds is 8. The van der Waals surface area contributed by atoms with E-state index in [0.29, 0.717) is 23.4 Å². The Morgan fingerprint density at radius 2 is 1.75 bits per heavy atom. The van der Waals surface area contributed by atoms with Crippen LogP contribution in [0.25, 0.3) is 5.65 Å². The molecule has 0 bridgehead atoms. The molecule has 1 atom stereocenters. The summed E-state index contributed by atoms with van der Waals surface area (Å²) in [7, 11) is 0. The van der Waals surface area contributed by atoms with Gasteiger partial charge in [0.25, 0.3) is 17.7 Å². The fraction of sp³-hybridized carbons (Fsp3) is 0.152. The lowest BCUT2D eigenvalue weighted by Gasteiger charge is -2.16. The number of nitrogens with zero attached hydrogens (tertiary/aromatic N) is 3. The van der Waals surface area contributed by atoms with Gasteiger partial charge in [0.1, 0.15) is 17.0 Å². The number of hydrogen-bond acceptors (Lipinski definition) is 6. The summed E-state index contributed by atoms with van der Waals surface area (Å²) in [6.07, 6.45) is 2.22. The Hall–Kier alpha value is -5.40. The molecule has 15 heteroatoms. The van der Waals surface area contributed by atoms with Crippen molar-refractivity contribution in [1.82, 2.24) is 25.2 Å². The Kier molecular flexibility index (Phi) is 8.82. The zero-order valence-corrected chi connectivity index (χ0v) is 26.4. The van der Waals surface area contributed by atoms with E-state index in [1.165, 1.54) is 42.6 Å². The number of carbonyl (C=O) groups excluding carboxylic acids is 3. The smallest absolute Gasteiger partial charge is 0.335 e. The van der Waals surface area contributed by atoms with Gasteiger partial charge in [0.2, 0.25) is 0 Å². The van der Waals surface area contributed by atoms with E-state index >= 15 is 0 Å². The molecule has 4 N–H and O–H groups in total. The molecule has 0 spiro atoms. The van der Waals surface area contributed by atoms with Crippen LogP contribution >= 0.6 is 23.2 Å². The van der Waals surface area contributed by atoms with Crippen molar-refractivity contribution >= 4 is 58.2 Å². The minimum absolute atomic E-state index is 0.0895. The third-order valence-corrected chi connectivity index (χ3v) is 8.57. The molecule has 1 aliphatic carbocycles. The fourth-order valence-corrected chi connectivity index (χ4v) is 6.05. The number of carboxylic acids is 1. The van der Waals surface area contributed by atoms with Crippen LogP contribution in [-0.2, 0) is 13.0 Å². The molecule has 0 aliphatic heterocycles. The van der Waals surface area contributed by atoms with Crippen molar-refractivity contribution in [2.24, 2.45) is 0 Å². The molecule has 2 aromatic heterocycles. The summed E-state index contributed by atoms with van der Waals surface area (Å²) >= 11 is 12.2. The zero-order chi connectivity index (χ0) is 34.3. The normalized spacial score (nSPS) is 13.6. The van der Waals surface area contributed by atoms with E-state index in [2.05, 4.69) is 26.0 Å². The number of aromatic carboxylic acids is 1. The quantitative estimate of drug-likeness (QED) is 0.157. The lowest BCUT2D eigenvalue weighted by molar-refractivity contribution is 0.0695. The van der Waals surface area contributed by atoms with Gasteiger partial charge in [0, 0.05) is 17.6 Å². The maximum atomic E-state index is 13.8. The maximum Gasteiger partial charge on any atom is 0.335 e. The second kappa shape index (κ2) is 13.0. The average Bonchev–Trinajstić information content (AvgIpc) is 3.67. The van der Waals surface area contributed by atoms with Crippen LogP contribution in [0.15, 0.2) is 60.8 Å². The Morgan fingerprint density at radius 1 is 0.958 bits per heavy atom. The van der Waals surface area contributed by atoms with Crippen molar-refractivity contribution in [2.75, 3.05) is 5.32 Å². The summed E-state index contributed by atoms with van der Waals surface area (Å²) in [6.45, 7) is 1.53. The van der Waals surface area contributed by atoms with E-state index in [-0.39, 0.29) is 51.0 Å². The monoisotopic (exact) mass is 692 g/mol. The van der Waals surface area contributed by atoms with E-state index in [1.807, 2.05) is 0 Å². The van der Waals surface area contributed by atoms with E-state index < -0.39 is 41.4 Å². The van der Waals surface area contributed by atoms with E-state index in [4.69, 9.17) is 23.2 Å². The second-order valence-electron chi connectivity index (χ2n) is 11.0. The van der Waals surface area contributed by atoms with Crippen molar-refractivity contribution in [3.63, 3.8) is 0 Å². The Labute approximate surface area is 280 Å². The molecule has 0 saturated carbocycles. The van der Waals surface area contributed by atoms with Gasteiger partial charge in [-0.15, -0.1) is 0 Å². The topological polar surface area (TPSA) is 155 Å². The van der Waals surface area contributed by atoms with Crippen molar-refractivity contribution in [2.45, 2.75) is 32.4 Å². The minimum Gasteiger partial charge on any atom is -0.478 e. The van der Waals surface area contributed by atoms with Crippen LogP contribution in [0.5, 0.6) is 0 Å². The summed E-state index contributed by atoms with van der Waals surface area (Å²) in [5.41, 5.74) is 2.29.